The fourth-order valence-electron chi connectivity index (χ4n) is 3.18. The summed E-state index contributed by atoms with van der Waals surface area (Å²) in [6.07, 6.45) is 4.27. The molecule has 1 amide bonds. The van der Waals surface area contributed by atoms with Crippen LogP contribution in [0, 0.1) is 5.41 Å². The molecular formula is C14H26N2O2. The van der Waals surface area contributed by atoms with E-state index in [2.05, 4.69) is 31.4 Å². The van der Waals surface area contributed by atoms with Gasteiger partial charge in [-0.1, -0.05) is 13.8 Å². The summed E-state index contributed by atoms with van der Waals surface area (Å²) < 4.78 is 5.79. The van der Waals surface area contributed by atoms with Crippen molar-refractivity contribution in [2.45, 2.75) is 64.6 Å². The molecule has 1 saturated heterocycles. The van der Waals surface area contributed by atoms with Crippen LogP contribution in [-0.2, 0) is 9.53 Å². The lowest BCUT2D eigenvalue weighted by atomic mass is 9.61. The van der Waals surface area contributed by atoms with Gasteiger partial charge in [-0.2, -0.15) is 0 Å². The predicted molar refractivity (Wildman–Crippen MR) is 71.4 cm³/mol. The summed E-state index contributed by atoms with van der Waals surface area (Å²) >= 11 is 0. The Morgan fingerprint density at radius 1 is 1.50 bits per heavy atom. The van der Waals surface area contributed by atoms with Crippen molar-refractivity contribution < 1.29 is 9.53 Å². The zero-order valence-electron chi connectivity index (χ0n) is 11.8. The molecule has 2 fully saturated rings. The molecule has 18 heavy (non-hydrogen) atoms. The fourth-order valence-corrected chi connectivity index (χ4v) is 3.18. The van der Waals surface area contributed by atoms with Crippen LogP contribution in [0.4, 0.5) is 0 Å². The van der Waals surface area contributed by atoms with Crippen LogP contribution in [0.25, 0.3) is 0 Å². The minimum atomic E-state index is 0.195. The van der Waals surface area contributed by atoms with Crippen molar-refractivity contribution in [3.8, 4) is 0 Å². The molecule has 4 unspecified atom stereocenters. The van der Waals surface area contributed by atoms with Gasteiger partial charge in [-0.3, -0.25) is 4.79 Å². The van der Waals surface area contributed by atoms with Crippen LogP contribution in [0.2, 0.25) is 0 Å². The Balaban J connectivity index is 1.78. The van der Waals surface area contributed by atoms with E-state index in [0.29, 0.717) is 24.6 Å². The molecular weight excluding hydrogens is 228 g/mol. The zero-order valence-corrected chi connectivity index (χ0v) is 11.8. The number of nitrogens with one attached hydrogen (secondary N) is 2. The standard InChI is InChI=1S/C14H26N2O2/c1-4-14(3)11(8-12(14)18-5-2)15-9-10-6-7-13(17)16-10/h10-12,15H,4-9H2,1-3H3,(H,16,17). The molecule has 104 valence electrons. The fraction of sp³-hybridized carbons (Fsp3) is 0.929. The molecule has 4 nitrogen and oxygen atoms in total. The van der Waals surface area contributed by atoms with Crippen molar-refractivity contribution in [3.63, 3.8) is 0 Å². The number of ether oxygens (including phenoxy) is 1. The second-order valence-corrected chi connectivity index (χ2v) is 5.80. The van der Waals surface area contributed by atoms with Crippen LogP contribution in [0.15, 0.2) is 0 Å². The largest absolute Gasteiger partial charge is 0.378 e. The highest BCUT2D eigenvalue weighted by molar-refractivity contribution is 5.78. The number of hydrogen-bond donors (Lipinski definition) is 2. The van der Waals surface area contributed by atoms with Gasteiger partial charge in [-0.15, -0.1) is 0 Å². The van der Waals surface area contributed by atoms with Crippen molar-refractivity contribution in [1.29, 1.82) is 0 Å². The van der Waals surface area contributed by atoms with Crippen LogP contribution < -0.4 is 10.6 Å². The second-order valence-electron chi connectivity index (χ2n) is 5.80. The van der Waals surface area contributed by atoms with Gasteiger partial charge in [0.1, 0.15) is 0 Å². The lowest BCUT2D eigenvalue weighted by Gasteiger charge is -2.54. The van der Waals surface area contributed by atoms with Crippen LogP contribution in [-0.4, -0.2) is 37.2 Å². The summed E-state index contributed by atoms with van der Waals surface area (Å²) in [6, 6.07) is 0.848. The Hall–Kier alpha value is -0.610. The average Bonchev–Trinajstić information content (AvgIpc) is 2.77. The molecule has 2 rings (SSSR count). The van der Waals surface area contributed by atoms with Crippen molar-refractivity contribution in [1.82, 2.24) is 10.6 Å². The number of carbonyl (C=O) groups is 1. The Kier molecular flexibility index (Phi) is 4.28. The van der Waals surface area contributed by atoms with Gasteiger partial charge in [0.05, 0.1) is 6.10 Å². The van der Waals surface area contributed by atoms with Gasteiger partial charge in [-0.25, -0.2) is 0 Å². The third-order valence-electron chi connectivity index (χ3n) is 4.81. The van der Waals surface area contributed by atoms with Gasteiger partial charge in [0, 0.05) is 37.1 Å². The van der Waals surface area contributed by atoms with Crippen molar-refractivity contribution in [3.05, 3.63) is 0 Å². The highest BCUT2D eigenvalue weighted by Crippen LogP contribution is 2.45. The molecule has 1 heterocycles. The van der Waals surface area contributed by atoms with E-state index in [9.17, 15) is 4.79 Å². The maximum absolute atomic E-state index is 11.1. The van der Waals surface area contributed by atoms with Gasteiger partial charge in [0.15, 0.2) is 0 Å². The molecule has 2 aliphatic rings. The van der Waals surface area contributed by atoms with Crippen LogP contribution in [0.1, 0.15) is 46.5 Å². The summed E-state index contributed by atoms with van der Waals surface area (Å²) in [7, 11) is 0. The molecule has 1 saturated carbocycles. The van der Waals surface area contributed by atoms with Crippen molar-refractivity contribution in [2.24, 2.45) is 5.41 Å². The molecule has 0 aromatic heterocycles. The normalized spacial score (nSPS) is 39.5. The Bertz CT molecular complexity index is 308. The summed E-state index contributed by atoms with van der Waals surface area (Å²) in [4.78, 5) is 11.1. The third-order valence-corrected chi connectivity index (χ3v) is 4.81. The highest BCUT2D eigenvalue weighted by atomic mass is 16.5. The van der Waals surface area contributed by atoms with E-state index in [1.165, 1.54) is 0 Å². The highest BCUT2D eigenvalue weighted by Gasteiger charge is 2.50. The molecule has 0 bridgehead atoms. The number of hydrogen-bond acceptors (Lipinski definition) is 3. The van der Waals surface area contributed by atoms with E-state index in [4.69, 9.17) is 4.74 Å². The molecule has 1 aliphatic heterocycles. The number of amides is 1. The van der Waals surface area contributed by atoms with Gasteiger partial charge < -0.3 is 15.4 Å². The summed E-state index contributed by atoms with van der Waals surface area (Å²) in [5, 5.41) is 6.62. The maximum atomic E-state index is 11.1. The van der Waals surface area contributed by atoms with E-state index < -0.39 is 0 Å². The Labute approximate surface area is 110 Å². The first kappa shape index (κ1) is 13.8. The van der Waals surface area contributed by atoms with E-state index in [1.54, 1.807) is 0 Å². The molecule has 0 aromatic carbocycles. The molecule has 2 N–H and O–H groups in total. The topological polar surface area (TPSA) is 50.4 Å². The van der Waals surface area contributed by atoms with E-state index in [-0.39, 0.29) is 11.3 Å². The second kappa shape index (κ2) is 5.57. The van der Waals surface area contributed by atoms with E-state index >= 15 is 0 Å². The minimum absolute atomic E-state index is 0.195. The smallest absolute Gasteiger partial charge is 0.220 e. The van der Waals surface area contributed by atoms with Gasteiger partial charge in [0.25, 0.3) is 0 Å². The minimum Gasteiger partial charge on any atom is -0.378 e. The zero-order chi connectivity index (χ0) is 13.2. The van der Waals surface area contributed by atoms with Crippen molar-refractivity contribution >= 4 is 5.91 Å². The lowest BCUT2D eigenvalue weighted by Crippen LogP contribution is -2.63. The summed E-state index contributed by atoms with van der Waals surface area (Å²) in [6.45, 7) is 8.29. The quantitative estimate of drug-likeness (QED) is 0.754. The third kappa shape index (κ3) is 2.54. The first-order valence-electron chi connectivity index (χ1n) is 7.24. The Morgan fingerprint density at radius 3 is 2.83 bits per heavy atom. The molecule has 0 aromatic rings. The van der Waals surface area contributed by atoms with Gasteiger partial charge in [-0.05, 0) is 26.2 Å². The molecule has 1 aliphatic carbocycles. The first-order chi connectivity index (χ1) is 8.60. The van der Waals surface area contributed by atoms with Gasteiger partial charge in [0.2, 0.25) is 5.91 Å². The summed E-state index contributed by atoms with van der Waals surface area (Å²) in [5.41, 5.74) is 0.249. The molecule has 0 spiro atoms. The maximum Gasteiger partial charge on any atom is 0.220 e. The van der Waals surface area contributed by atoms with E-state index in [0.717, 1.165) is 32.4 Å². The monoisotopic (exact) mass is 254 g/mol. The lowest BCUT2D eigenvalue weighted by molar-refractivity contribution is -0.126. The SMILES string of the molecule is CCOC1CC(NCC2CCC(=O)N2)C1(C)CC. The summed E-state index contributed by atoms with van der Waals surface area (Å²) in [5.74, 6) is 0.195. The van der Waals surface area contributed by atoms with Crippen LogP contribution in [0.3, 0.4) is 0 Å². The molecule has 4 atom stereocenters. The van der Waals surface area contributed by atoms with Crippen molar-refractivity contribution in [2.75, 3.05) is 13.2 Å². The Morgan fingerprint density at radius 2 is 2.28 bits per heavy atom. The van der Waals surface area contributed by atoms with E-state index in [1.807, 2.05) is 0 Å². The first-order valence-corrected chi connectivity index (χ1v) is 7.24. The molecule has 4 heteroatoms. The average molecular weight is 254 g/mol. The van der Waals surface area contributed by atoms with Gasteiger partial charge >= 0.3 is 0 Å². The van der Waals surface area contributed by atoms with Crippen LogP contribution in [0.5, 0.6) is 0 Å². The number of carbonyl (C=O) groups excluding carboxylic acids is 1. The predicted octanol–water partition coefficient (Wildman–Crippen LogP) is 1.45. The number of rotatable bonds is 6. The molecule has 0 radical (unpaired) electrons. The van der Waals surface area contributed by atoms with Crippen LogP contribution >= 0.6 is 0 Å².